The van der Waals surface area contributed by atoms with Gasteiger partial charge in [-0.15, -0.1) is 0 Å². The van der Waals surface area contributed by atoms with Crippen molar-refractivity contribution in [2.45, 2.75) is 44.1 Å². The third-order valence-corrected chi connectivity index (χ3v) is 3.50. The van der Waals surface area contributed by atoms with E-state index in [9.17, 15) is 9.59 Å². The highest BCUT2D eigenvalue weighted by Gasteiger charge is 2.45. The van der Waals surface area contributed by atoms with Gasteiger partial charge in [0.25, 0.3) is 0 Å². The third-order valence-electron chi connectivity index (χ3n) is 3.50. The fourth-order valence-corrected chi connectivity index (χ4v) is 2.26. The lowest BCUT2D eigenvalue weighted by Gasteiger charge is -2.17. The number of amides is 1. The molecular weight excluding hydrogens is 242 g/mol. The second-order valence-corrected chi connectivity index (χ2v) is 5.10. The van der Waals surface area contributed by atoms with Crippen molar-refractivity contribution in [3.63, 3.8) is 0 Å². The van der Waals surface area contributed by atoms with Gasteiger partial charge in [-0.25, -0.2) is 0 Å². The van der Waals surface area contributed by atoms with Crippen LogP contribution in [-0.2, 0) is 15.1 Å². The number of carboxylic acids is 1. The van der Waals surface area contributed by atoms with Crippen LogP contribution in [0.3, 0.4) is 0 Å². The van der Waals surface area contributed by atoms with Crippen LogP contribution in [0.15, 0.2) is 30.3 Å². The summed E-state index contributed by atoms with van der Waals surface area (Å²) in [6, 6.07) is 10.0. The molecule has 102 valence electrons. The van der Waals surface area contributed by atoms with Crippen molar-refractivity contribution in [1.82, 2.24) is 5.32 Å². The van der Waals surface area contributed by atoms with Gasteiger partial charge < -0.3 is 10.4 Å². The summed E-state index contributed by atoms with van der Waals surface area (Å²) in [7, 11) is 0. The lowest BCUT2D eigenvalue weighted by Crippen LogP contribution is -2.34. The van der Waals surface area contributed by atoms with Crippen LogP contribution in [0.25, 0.3) is 0 Å². The summed E-state index contributed by atoms with van der Waals surface area (Å²) in [6.45, 7) is 0. The summed E-state index contributed by atoms with van der Waals surface area (Å²) in [5.41, 5.74) is 0.999. The standard InChI is InChI=1S/C15H19NO3/c17-13(8-4-5-9-14(18)19)16-15(10-11-15)12-6-2-1-3-7-12/h1-3,6-7H,4-5,8-11H2,(H,16,17)(H,18,19). The van der Waals surface area contributed by atoms with Gasteiger partial charge in [-0.05, 0) is 31.2 Å². The van der Waals surface area contributed by atoms with E-state index in [4.69, 9.17) is 5.11 Å². The fraction of sp³-hybridized carbons (Fsp3) is 0.467. The van der Waals surface area contributed by atoms with Crippen LogP contribution in [0.5, 0.6) is 0 Å². The smallest absolute Gasteiger partial charge is 0.303 e. The number of nitrogens with one attached hydrogen (secondary N) is 1. The number of benzene rings is 1. The van der Waals surface area contributed by atoms with Crippen LogP contribution < -0.4 is 5.32 Å². The van der Waals surface area contributed by atoms with Gasteiger partial charge in [0.1, 0.15) is 0 Å². The monoisotopic (exact) mass is 261 g/mol. The van der Waals surface area contributed by atoms with E-state index in [1.165, 1.54) is 0 Å². The summed E-state index contributed by atoms with van der Waals surface area (Å²) >= 11 is 0. The highest BCUT2D eigenvalue weighted by Crippen LogP contribution is 2.45. The Morgan fingerprint density at radius 2 is 1.74 bits per heavy atom. The highest BCUT2D eigenvalue weighted by atomic mass is 16.4. The van der Waals surface area contributed by atoms with Crippen LogP contribution in [0, 0.1) is 0 Å². The topological polar surface area (TPSA) is 66.4 Å². The van der Waals surface area contributed by atoms with Crippen LogP contribution in [0.2, 0.25) is 0 Å². The van der Waals surface area contributed by atoms with Gasteiger partial charge in [-0.3, -0.25) is 9.59 Å². The Bertz CT molecular complexity index is 452. The van der Waals surface area contributed by atoms with E-state index >= 15 is 0 Å². The summed E-state index contributed by atoms with van der Waals surface area (Å²) in [6.07, 6.45) is 3.69. The molecule has 0 aliphatic heterocycles. The zero-order chi connectivity index (χ0) is 13.7. The first-order valence-electron chi connectivity index (χ1n) is 6.71. The van der Waals surface area contributed by atoms with E-state index in [0.29, 0.717) is 19.3 Å². The number of rotatable bonds is 7. The number of unbranched alkanes of at least 4 members (excludes halogenated alkanes) is 1. The van der Waals surface area contributed by atoms with Crippen LogP contribution in [-0.4, -0.2) is 17.0 Å². The van der Waals surface area contributed by atoms with Gasteiger partial charge in [0.15, 0.2) is 0 Å². The largest absolute Gasteiger partial charge is 0.481 e. The predicted molar refractivity (Wildman–Crippen MR) is 71.6 cm³/mol. The molecular formula is C15H19NO3. The number of carboxylic acid groups (broad SMARTS) is 1. The summed E-state index contributed by atoms with van der Waals surface area (Å²) in [4.78, 5) is 22.2. The highest BCUT2D eigenvalue weighted by molar-refractivity contribution is 5.77. The van der Waals surface area contributed by atoms with E-state index < -0.39 is 5.97 Å². The summed E-state index contributed by atoms with van der Waals surface area (Å²) in [5, 5.41) is 11.6. The predicted octanol–water partition coefficient (Wildman–Crippen LogP) is 2.44. The molecule has 1 aromatic rings. The van der Waals surface area contributed by atoms with Crippen LogP contribution in [0.4, 0.5) is 0 Å². The molecule has 0 heterocycles. The van der Waals surface area contributed by atoms with Crippen molar-refractivity contribution in [2.24, 2.45) is 0 Å². The van der Waals surface area contributed by atoms with Gasteiger partial charge >= 0.3 is 5.97 Å². The van der Waals surface area contributed by atoms with Gasteiger partial charge in [0.2, 0.25) is 5.91 Å². The molecule has 1 aromatic carbocycles. The van der Waals surface area contributed by atoms with E-state index in [-0.39, 0.29) is 17.9 Å². The van der Waals surface area contributed by atoms with Crippen molar-refractivity contribution in [1.29, 1.82) is 0 Å². The average Bonchev–Trinajstić information content (AvgIpc) is 3.16. The first-order valence-corrected chi connectivity index (χ1v) is 6.71. The lowest BCUT2D eigenvalue weighted by molar-refractivity contribution is -0.137. The maximum atomic E-state index is 11.9. The van der Waals surface area contributed by atoms with Crippen LogP contribution >= 0.6 is 0 Å². The molecule has 0 radical (unpaired) electrons. The summed E-state index contributed by atoms with van der Waals surface area (Å²) < 4.78 is 0. The minimum absolute atomic E-state index is 0.0201. The maximum Gasteiger partial charge on any atom is 0.303 e. The molecule has 1 amide bonds. The Kier molecular flexibility index (Phi) is 4.20. The second kappa shape index (κ2) is 5.87. The molecule has 2 rings (SSSR count). The number of carbonyl (C=O) groups excluding carboxylic acids is 1. The van der Waals surface area contributed by atoms with Crippen molar-refractivity contribution in [3.05, 3.63) is 35.9 Å². The van der Waals surface area contributed by atoms with Crippen molar-refractivity contribution >= 4 is 11.9 Å². The second-order valence-electron chi connectivity index (χ2n) is 5.10. The maximum absolute atomic E-state index is 11.9. The van der Waals surface area contributed by atoms with Crippen molar-refractivity contribution < 1.29 is 14.7 Å². The zero-order valence-corrected chi connectivity index (χ0v) is 10.9. The normalized spacial score (nSPS) is 15.8. The molecule has 2 N–H and O–H groups in total. The SMILES string of the molecule is O=C(O)CCCCC(=O)NC1(c2ccccc2)CC1. The van der Waals surface area contributed by atoms with Crippen LogP contribution in [0.1, 0.15) is 44.1 Å². The first kappa shape index (κ1) is 13.6. The van der Waals surface area contributed by atoms with E-state index in [1.54, 1.807) is 0 Å². The zero-order valence-electron chi connectivity index (χ0n) is 10.9. The molecule has 4 nitrogen and oxygen atoms in total. The van der Waals surface area contributed by atoms with Crippen molar-refractivity contribution in [3.8, 4) is 0 Å². The number of hydrogen-bond acceptors (Lipinski definition) is 2. The lowest BCUT2D eigenvalue weighted by atomic mass is 10.0. The molecule has 1 fully saturated rings. The van der Waals surface area contributed by atoms with Crippen molar-refractivity contribution in [2.75, 3.05) is 0 Å². The first-order chi connectivity index (χ1) is 9.12. The average molecular weight is 261 g/mol. The molecule has 1 saturated carbocycles. The molecule has 1 aliphatic carbocycles. The molecule has 1 aliphatic rings. The molecule has 0 spiro atoms. The number of aliphatic carboxylic acids is 1. The van der Waals surface area contributed by atoms with E-state index in [1.807, 2.05) is 30.3 Å². The molecule has 0 saturated heterocycles. The molecule has 0 aromatic heterocycles. The molecule has 19 heavy (non-hydrogen) atoms. The number of carbonyl (C=O) groups is 2. The molecule has 0 bridgehead atoms. The summed E-state index contributed by atoms with van der Waals surface area (Å²) in [5.74, 6) is -0.782. The Hall–Kier alpha value is -1.84. The number of hydrogen-bond donors (Lipinski definition) is 2. The van der Waals surface area contributed by atoms with E-state index in [2.05, 4.69) is 5.32 Å². The molecule has 0 atom stereocenters. The third kappa shape index (κ3) is 3.81. The van der Waals surface area contributed by atoms with Gasteiger partial charge in [-0.1, -0.05) is 30.3 Å². The minimum atomic E-state index is -0.802. The van der Waals surface area contributed by atoms with Gasteiger partial charge in [-0.2, -0.15) is 0 Å². The van der Waals surface area contributed by atoms with E-state index in [0.717, 1.165) is 18.4 Å². The Balaban J connectivity index is 1.78. The Labute approximate surface area is 112 Å². The molecule has 4 heteroatoms. The fourth-order valence-electron chi connectivity index (χ4n) is 2.26. The Morgan fingerprint density at radius 3 is 2.32 bits per heavy atom. The minimum Gasteiger partial charge on any atom is -0.481 e. The Morgan fingerprint density at radius 1 is 1.11 bits per heavy atom. The quantitative estimate of drug-likeness (QED) is 0.741. The molecule has 0 unspecified atom stereocenters. The van der Waals surface area contributed by atoms with Gasteiger partial charge in [0.05, 0.1) is 5.54 Å². The van der Waals surface area contributed by atoms with Gasteiger partial charge in [0, 0.05) is 12.8 Å².